The maximum atomic E-state index is 13.0. The molecule has 0 aromatic heterocycles. The van der Waals surface area contributed by atoms with Crippen LogP contribution in [0.2, 0.25) is 0 Å². The summed E-state index contributed by atoms with van der Waals surface area (Å²) in [5.74, 6) is 0.887. The van der Waals surface area contributed by atoms with Crippen LogP contribution < -0.4 is 5.32 Å². The first-order chi connectivity index (χ1) is 9.95. The number of halogens is 2. The molecule has 0 aliphatic carbocycles. The third kappa shape index (κ3) is 2.72. The zero-order chi connectivity index (χ0) is 15.2. The topological polar surface area (TPSA) is 49.4 Å². The van der Waals surface area contributed by atoms with Crippen LogP contribution in [0.3, 0.4) is 0 Å². The molecule has 21 heavy (non-hydrogen) atoms. The Hall–Kier alpha value is 0.0500. The van der Waals surface area contributed by atoms with Gasteiger partial charge in [0.1, 0.15) is 0 Å². The zero-order valence-corrected chi connectivity index (χ0v) is 15.7. The van der Waals surface area contributed by atoms with Gasteiger partial charge in [-0.15, -0.1) is 0 Å². The summed E-state index contributed by atoms with van der Waals surface area (Å²) >= 11 is 6.75. The molecule has 2 aliphatic rings. The van der Waals surface area contributed by atoms with E-state index in [1.54, 1.807) is 22.5 Å². The molecule has 0 saturated carbocycles. The summed E-state index contributed by atoms with van der Waals surface area (Å²) in [5, 5.41) is 3.38. The molecule has 1 aromatic carbocycles. The molecule has 0 bridgehead atoms. The second-order valence-electron chi connectivity index (χ2n) is 5.71. The van der Waals surface area contributed by atoms with Gasteiger partial charge in [0.25, 0.3) is 0 Å². The lowest BCUT2D eigenvalue weighted by Gasteiger charge is -2.26. The van der Waals surface area contributed by atoms with Crippen LogP contribution in [-0.4, -0.2) is 38.4 Å². The van der Waals surface area contributed by atoms with Gasteiger partial charge >= 0.3 is 0 Å². The highest BCUT2D eigenvalue weighted by Crippen LogP contribution is 2.39. The molecular weight excluding hydrogens is 420 g/mol. The van der Waals surface area contributed by atoms with Crippen molar-refractivity contribution in [1.29, 1.82) is 0 Å². The van der Waals surface area contributed by atoms with E-state index >= 15 is 0 Å². The number of hydrogen-bond acceptors (Lipinski definition) is 3. The van der Waals surface area contributed by atoms with Crippen molar-refractivity contribution >= 4 is 41.9 Å². The van der Waals surface area contributed by atoms with Gasteiger partial charge in [-0.3, -0.25) is 0 Å². The Kier molecular flexibility index (Phi) is 4.49. The van der Waals surface area contributed by atoms with Crippen molar-refractivity contribution < 1.29 is 8.42 Å². The largest absolute Gasteiger partial charge is 0.316 e. The van der Waals surface area contributed by atoms with Gasteiger partial charge in [-0.2, -0.15) is 4.31 Å². The van der Waals surface area contributed by atoms with Gasteiger partial charge in [-0.05, 0) is 65.5 Å². The van der Waals surface area contributed by atoms with Crippen molar-refractivity contribution in [2.45, 2.75) is 24.3 Å². The average Bonchev–Trinajstić information content (AvgIpc) is 2.97. The van der Waals surface area contributed by atoms with Crippen LogP contribution >= 0.6 is 31.9 Å². The van der Waals surface area contributed by atoms with Crippen LogP contribution in [0, 0.1) is 11.8 Å². The number of rotatable bonds is 3. The third-order valence-corrected chi connectivity index (χ3v) is 7.93. The predicted octanol–water partition coefficient (Wildman–Crippen LogP) is 2.83. The molecule has 3 atom stereocenters. The Morgan fingerprint density at radius 1 is 1.33 bits per heavy atom. The Balaban J connectivity index is 1.98. The number of hydrogen-bond donors (Lipinski definition) is 1. The minimum absolute atomic E-state index is 0.102. The second-order valence-corrected chi connectivity index (χ2v) is 9.34. The van der Waals surface area contributed by atoms with Crippen LogP contribution in [0.1, 0.15) is 13.3 Å². The fraction of sp³-hybridized carbons (Fsp3) is 0.571. The van der Waals surface area contributed by atoms with E-state index in [0.29, 0.717) is 27.7 Å². The highest BCUT2D eigenvalue weighted by atomic mass is 79.9. The quantitative estimate of drug-likeness (QED) is 0.790. The standard InChI is InChI=1S/C14H18Br2N2O2S/c1-2-13-11-7-17-6-9(11)8-18(13)21(19,20)14-4-3-10(15)5-12(14)16/h3-5,9,11,13,17H,2,6-8H2,1H3. The van der Waals surface area contributed by atoms with Crippen molar-refractivity contribution in [2.75, 3.05) is 19.6 Å². The third-order valence-electron chi connectivity index (χ3n) is 4.57. The Labute approximate surface area is 142 Å². The van der Waals surface area contributed by atoms with Crippen LogP contribution in [0.5, 0.6) is 0 Å². The van der Waals surface area contributed by atoms with Gasteiger partial charge < -0.3 is 5.32 Å². The Bertz CT molecular complexity index is 650. The zero-order valence-electron chi connectivity index (χ0n) is 11.7. The number of fused-ring (bicyclic) bond motifs is 1. The highest BCUT2D eigenvalue weighted by Gasteiger charge is 2.48. The van der Waals surface area contributed by atoms with Gasteiger partial charge in [0.15, 0.2) is 0 Å². The maximum absolute atomic E-state index is 13.0. The van der Waals surface area contributed by atoms with Gasteiger partial charge in [0.05, 0.1) is 4.90 Å². The molecule has 7 heteroatoms. The lowest BCUT2D eigenvalue weighted by molar-refractivity contribution is 0.329. The van der Waals surface area contributed by atoms with E-state index in [1.165, 1.54) is 0 Å². The molecule has 3 rings (SSSR count). The van der Waals surface area contributed by atoms with Gasteiger partial charge in [-0.1, -0.05) is 22.9 Å². The van der Waals surface area contributed by atoms with E-state index in [4.69, 9.17) is 0 Å². The number of sulfonamides is 1. The predicted molar refractivity (Wildman–Crippen MR) is 89.7 cm³/mol. The molecule has 2 saturated heterocycles. The van der Waals surface area contributed by atoms with E-state index in [0.717, 1.165) is 24.0 Å². The maximum Gasteiger partial charge on any atom is 0.244 e. The van der Waals surface area contributed by atoms with Crippen molar-refractivity contribution in [3.8, 4) is 0 Å². The average molecular weight is 438 g/mol. The molecule has 0 amide bonds. The Morgan fingerprint density at radius 2 is 2.10 bits per heavy atom. The van der Waals surface area contributed by atoms with E-state index in [1.807, 2.05) is 0 Å². The highest BCUT2D eigenvalue weighted by molar-refractivity contribution is 9.11. The van der Waals surface area contributed by atoms with Gasteiger partial charge in [0.2, 0.25) is 10.0 Å². The minimum Gasteiger partial charge on any atom is -0.316 e. The Morgan fingerprint density at radius 3 is 2.76 bits per heavy atom. The molecule has 2 heterocycles. The first kappa shape index (κ1) is 15.9. The smallest absolute Gasteiger partial charge is 0.244 e. The van der Waals surface area contributed by atoms with E-state index in [9.17, 15) is 8.42 Å². The number of nitrogens with one attached hydrogen (secondary N) is 1. The summed E-state index contributed by atoms with van der Waals surface area (Å²) in [4.78, 5) is 0.358. The summed E-state index contributed by atoms with van der Waals surface area (Å²) in [7, 11) is -3.45. The first-order valence-corrected chi connectivity index (χ1v) is 10.2. The normalized spacial score (nSPS) is 29.8. The second kappa shape index (κ2) is 5.92. The van der Waals surface area contributed by atoms with Crippen LogP contribution in [-0.2, 0) is 10.0 Å². The van der Waals surface area contributed by atoms with Crippen LogP contribution in [0.15, 0.2) is 32.0 Å². The summed E-state index contributed by atoms with van der Waals surface area (Å²) < 4.78 is 29.3. The fourth-order valence-electron chi connectivity index (χ4n) is 3.58. The summed E-state index contributed by atoms with van der Waals surface area (Å²) in [6.07, 6.45) is 0.857. The van der Waals surface area contributed by atoms with E-state index < -0.39 is 10.0 Å². The molecule has 0 radical (unpaired) electrons. The monoisotopic (exact) mass is 436 g/mol. The van der Waals surface area contributed by atoms with E-state index in [-0.39, 0.29) is 6.04 Å². The molecule has 2 aliphatic heterocycles. The summed E-state index contributed by atoms with van der Waals surface area (Å²) in [6.45, 7) is 4.55. The lowest BCUT2D eigenvalue weighted by atomic mass is 9.93. The van der Waals surface area contributed by atoms with Crippen molar-refractivity contribution in [3.63, 3.8) is 0 Å². The van der Waals surface area contributed by atoms with E-state index in [2.05, 4.69) is 44.1 Å². The minimum atomic E-state index is -3.45. The molecule has 1 aromatic rings. The SMILES string of the molecule is CCC1C2CNCC2CN1S(=O)(=O)c1ccc(Br)cc1Br. The lowest BCUT2D eigenvalue weighted by Crippen LogP contribution is -2.39. The molecule has 2 fully saturated rings. The molecule has 1 N–H and O–H groups in total. The molecular formula is C14H18Br2N2O2S. The van der Waals surface area contributed by atoms with Crippen LogP contribution in [0.4, 0.5) is 0 Å². The first-order valence-electron chi connectivity index (χ1n) is 7.12. The summed E-state index contributed by atoms with van der Waals surface area (Å²) in [6, 6.07) is 5.33. The van der Waals surface area contributed by atoms with Crippen molar-refractivity contribution in [2.24, 2.45) is 11.8 Å². The fourth-order valence-corrected chi connectivity index (χ4v) is 7.09. The summed E-state index contributed by atoms with van der Waals surface area (Å²) in [5.41, 5.74) is 0. The molecule has 0 spiro atoms. The van der Waals surface area contributed by atoms with Gasteiger partial charge in [0, 0.05) is 21.5 Å². The molecule has 116 valence electrons. The van der Waals surface area contributed by atoms with Crippen LogP contribution in [0.25, 0.3) is 0 Å². The molecule has 3 unspecified atom stereocenters. The van der Waals surface area contributed by atoms with Crippen molar-refractivity contribution in [1.82, 2.24) is 9.62 Å². The van der Waals surface area contributed by atoms with Gasteiger partial charge in [-0.25, -0.2) is 8.42 Å². The number of benzene rings is 1. The number of nitrogens with zero attached hydrogens (tertiary/aromatic N) is 1. The van der Waals surface area contributed by atoms with Crippen molar-refractivity contribution in [3.05, 3.63) is 27.1 Å². The molecule has 4 nitrogen and oxygen atoms in total.